The van der Waals surface area contributed by atoms with Crippen LogP contribution in [-0.2, 0) is 6.42 Å². The van der Waals surface area contributed by atoms with Gasteiger partial charge in [0.2, 0.25) is 5.95 Å². The second-order valence-electron chi connectivity index (χ2n) is 5.76. The minimum absolute atomic E-state index is 0.221. The van der Waals surface area contributed by atoms with Crippen molar-refractivity contribution in [1.29, 1.82) is 0 Å². The molecule has 2 atom stereocenters. The molecule has 2 heterocycles. The first-order valence-electron chi connectivity index (χ1n) is 7.27. The van der Waals surface area contributed by atoms with E-state index in [1.54, 1.807) is 12.1 Å². The largest absolute Gasteiger partial charge is 0.336 e. The van der Waals surface area contributed by atoms with E-state index in [-0.39, 0.29) is 5.82 Å². The van der Waals surface area contributed by atoms with E-state index in [0.717, 1.165) is 30.4 Å². The number of aromatic amines is 1. The SMILES string of the molecule is CC1CN(c2n[nH]c(Cc3ccc(F)cc3)n2)CC(C)N1. The van der Waals surface area contributed by atoms with Gasteiger partial charge in [-0.2, -0.15) is 4.98 Å². The van der Waals surface area contributed by atoms with Gasteiger partial charge in [0, 0.05) is 31.6 Å². The predicted molar refractivity (Wildman–Crippen MR) is 79.9 cm³/mol. The quantitative estimate of drug-likeness (QED) is 0.903. The van der Waals surface area contributed by atoms with Crippen LogP contribution in [0.15, 0.2) is 24.3 Å². The van der Waals surface area contributed by atoms with E-state index < -0.39 is 0 Å². The second-order valence-corrected chi connectivity index (χ2v) is 5.76. The standard InChI is InChI=1S/C15H20FN5/c1-10-8-21(9-11(2)17-10)15-18-14(19-20-15)7-12-3-5-13(16)6-4-12/h3-6,10-11,17H,7-9H2,1-2H3,(H,18,19,20). The minimum Gasteiger partial charge on any atom is -0.336 e. The predicted octanol–water partition coefficient (Wildman–Crippen LogP) is 1.72. The minimum atomic E-state index is -0.221. The normalized spacial score (nSPS) is 22.5. The number of nitrogens with zero attached hydrogens (tertiary/aromatic N) is 3. The summed E-state index contributed by atoms with van der Waals surface area (Å²) >= 11 is 0. The number of aromatic nitrogens is 3. The zero-order chi connectivity index (χ0) is 14.8. The Morgan fingerprint density at radius 3 is 2.52 bits per heavy atom. The maximum absolute atomic E-state index is 12.9. The van der Waals surface area contributed by atoms with E-state index >= 15 is 0 Å². The zero-order valence-corrected chi connectivity index (χ0v) is 12.3. The molecule has 3 rings (SSSR count). The molecular formula is C15H20FN5. The average molecular weight is 289 g/mol. The molecule has 5 nitrogen and oxygen atoms in total. The van der Waals surface area contributed by atoms with Gasteiger partial charge in [0.05, 0.1) is 0 Å². The van der Waals surface area contributed by atoms with Crippen molar-refractivity contribution in [3.63, 3.8) is 0 Å². The van der Waals surface area contributed by atoms with Crippen molar-refractivity contribution in [3.8, 4) is 0 Å². The van der Waals surface area contributed by atoms with Crippen LogP contribution in [0.3, 0.4) is 0 Å². The maximum atomic E-state index is 12.9. The van der Waals surface area contributed by atoms with Gasteiger partial charge in [-0.25, -0.2) is 4.39 Å². The molecule has 0 aliphatic carbocycles. The van der Waals surface area contributed by atoms with Gasteiger partial charge in [-0.15, -0.1) is 5.10 Å². The van der Waals surface area contributed by atoms with Gasteiger partial charge < -0.3 is 10.2 Å². The Morgan fingerprint density at radius 2 is 1.86 bits per heavy atom. The molecule has 1 aromatic heterocycles. The van der Waals surface area contributed by atoms with E-state index in [0.29, 0.717) is 18.5 Å². The molecule has 1 aromatic carbocycles. The van der Waals surface area contributed by atoms with Crippen molar-refractivity contribution in [2.75, 3.05) is 18.0 Å². The van der Waals surface area contributed by atoms with Crippen LogP contribution >= 0.6 is 0 Å². The number of benzene rings is 1. The first-order valence-corrected chi connectivity index (χ1v) is 7.27. The molecule has 0 radical (unpaired) electrons. The van der Waals surface area contributed by atoms with Crippen LogP contribution < -0.4 is 10.2 Å². The Morgan fingerprint density at radius 1 is 1.19 bits per heavy atom. The Hall–Kier alpha value is -1.95. The van der Waals surface area contributed by atoms with Crippen LogP contribution in [0.1, 0.15) is 25.2 Å². The lowest BCUT2D eigenvalue weighted by Crippen LogP contribution is -2.54. The summed E-state index contributed by atoms with van der Waals surface area (Å²) < 4.78 is 12.9. The summed E-state index contributed by atoms with van der Waals surface area (Å²) in [6.07, 6.45) is 0.629. The Bertz CT molecular complexity index is 584. The van der Waals surface area contributed by atoms with Crippen LogP contribution in [0.5, 0.6) is 0 Å². The number of halogens is 1. The van der Waals surface area contributed by atoms with E-state index in [9.17, 15) is 4.39 Å². The molecule has 2 aromatic rings. The first-order chi connectivity index (χ1) is 10.1. The fraction of sp³-hybridized carbons (Fsp3) is 0.467. The van der Waals surface area contributed by atoms with Crippen LogP contribution in [-0.4, -0.2) is 40.4 Å². The fourth-order valence-corrected chi connectivity index (χ4v) is 2.79. The van der Waals surface area contributed by atoms with Crippen LogP contribution in [0.2, 0.25) is 0 Å². The van der Waals surface area contributed by atoms with Crippen molar-refractivity contribution in [3.05, 3.63) is 41.5 Å². The molecule has 0 amide bonds. The maximum Gasteiger partial charge on any atom is 0.244 e. The Balaban J connectivity index is 1.69. The molecule has 2 unspecified atom stereocenters. The lowest BCUT2D eigenvalue weighted by Gasteiger charge is -2.35. The third-order valence-corrected chi connectivity index (χ3v) is 3.65. The van der Waals surface area contributed by atoms with Crippen LogP contribution in [0.4, 0.5) is 10.3 Å². The number of anilines is 1. The van der Waals surface area contributed by atoms with E-state index in [1.165, 1.54) is 12.1 Å². The summed E-state index contributed by atoms with van der Waals surface area (Å²) in [4.78, 5) is 6.75. The highest BCUT2D eigenvalue weighted by Gasteiger charge is 2.23. The molecule has 112 valence electrons. The highest BCUT2D eigenvalue weighted by atomic mass is 19.1. The molecule has 1 aliphatic heterocycles. The van der Waals surface area contributed by atoms with E-state index in [2.05, 4.69) is 39.2 Å². The number of H-pyrrole nitrogens is 1. The van der Waals surface area contributed by atoms with Gasteiger partial charge in [0.25, 0.3) is 0 Å². The molecule has 1 saturated heterocycles. The first kappa shape index (κ1) is 14.0. The molecule has 1 fully saturated rings. The van der Waals surface area contributed by atoms with E-state index in [1.807, 2.05) is 0 Å². The highest BCUT2D eigenvalue weighted by Crippen LogP contribution is 2.14. The van der Waals surface area contributed by atoms with Crippen molar-refractivity contribution in [1.82, 2.24) is 20.5 Å². The number of hydrogen-bond donors (Lipinski definition) is 2. The third kappa shape index (κ3) is 3.39. The number of nitrogens with one attached hydrogen (secondary N) is 2. The lowest BCUT2D eigenvalue weighted by atomic mass is 10.1. The fourth-order valence-electron chi connectivity index (χ4n) is 2.79. The van der Waals surface area contributed by atoms with Crippen LogP contribution in [0, 0.1) is 5.82 Å². The molecule has 6 heteroatoms. The molecular weight excluding hydrogens is 269 g/mol. The highest BCUT2D eigenvalue weighted by molar-refractivity contribution is 5.32. The van der Waals surface area contributed by atoms with Gasteiger partial charge in [0.15, 0.2) is 0 Å². The molecule has 0 spiro atoms. The molecule has 0 bridgehead atoms. The van der Waals surface area contributed by atoms with Crippen LogP contribution in [0.25, 0.3) is 0 Å². The van der Waals surface area contributed by atoms with Crippen molar-refractivity contribution in [2.45, 2.75) is 32.4 Å². The van der Waals surface area contributed by atoms with Gasteiger partial charge in [-0.05, 0) is 31.5 Å². The average Bonchev–Trinajstić information content (AvgIpc) is 2.89. The summed E-state index contributed by atoms with van der Waals surface area (Å²) in [5.41, 5.74) is 1.01. The lowest BCUT2D eigenvalue weighted by molar-refractivity contribution is 0.403. The molecule has 0 saturated carbocycles. The molecule has 2 N–H and O–H groups in total. The van der Waals surface area contributed by atoms with Gasteiger partial charge in [0.1, 0.15) is 11.6 Å². The topological polar surface area (TPSA) is 56.8 Å². The third-order valence-electron chi connectivity index (χ3n) is 3.65. The summed E-state index contributed by atoms with van der Waals surface area (Å²) in [5, 5.41) is 10.8. The van der Waals surface area contributed by atoms with Crippen molar-refractivity contribution < 1.29 is 4.39 Å². The van der Waals surface area contributed by atoms with Crippen molar-refractivity contribution in [2.24, 2.45) is 0 Å². The zero-order valence-electron chi connectivity index (χ0n) is 12.3. The number of hydrogen-bond acceptors (Lipinski definition) is 4. The Labute approximate surface area is 123 Å². The monoisotopic (exact) mass is 289 g/mol. The van der Waals surface area contributed by atoms with Gasteiger partial charge in [-0.1, -0.05) is 12.1 Å². The summed E-state index contributed by atoms with van der Waals surface area (Å²) in [5.74, 6) is 1.32. The summed E-state index contributed by atoms with van der Waals surface area (Å²) in [6.45, 7) is 6.12. The van der Waals surface area contributed by atoms with E-state index in [4.69, 9.17) is 0 Å². The molecule has 1 aliphatic rings. The van der Waals surface area contributed by atoms with Gasteiger partial charge >= 0.3 is 0 Å². The summed E-state index contributed by atoms with van der Waals surface area (Å²) in [7, 11) is 0. The second kappa shape index (κ2) is 5.81. The molecule has 21 heavy (non-hydrogen) atoms. The summed E-state index contributed by atoms with van der Waals surface area (Å²) in [6, 6.07) is 7.32. The number of rotatable bonds is 3. The van der Waals surface area contributed by atoms with Crippen molar-refractivity contribution >= 4 is 5.95 Å². The Kier molecular flexibility index (Phi) is 3.88. The smallest absolute Gasteiger partial charge is 0.244 e. The van der Waals surface area contributed by atoms with Gasteiger partial charge in [-0.3, -0.25) is 5.10 Å². The number of piperazine rings is 1.